The molecule has 0 radical (unpaired) electrons. The van der Waals surface area contributed by atoms with Crippen molar-refractivity contribution in [3.05, 3.63) is 0 Å². The quantitative estimate of drug-likeness (QED) is 0.168. The van der Waals surface area contributed by atoms with Gasteiger partial charge in [-0.25, -0.2) is 5.84 Å². The van der Waals surface area contributed by atoms with Crippen LogP contribution >= 0.6 is 0 Å². The fourth-order valence-corrected chi connectivity index (χ4v) is 0.102. The summed E-state index contributed by atoms with van der Waals surface area (Å²) in [6.45, 7) is 0. The summed E-state index contributed by atoms with van der Waals surface area (Å²) >= 11 is 0. The molecule has 6 heavy (non-hydrogen) atoms. The van der Waals surface area contributed by atoms with Crippen LogP contribution in [0.4, 0.5) is 0 Å². The largest absolute Gasteiger partial charge is 0.295 e. The van der Waals surface area contributed by atoms with E-state index in [9.17, 15) is 4.79 Å². The SMILES string of the molecule is BCC(=O)NN. The van der Waals surface area contributed by atoms with E-state index in [2.05, 4.69) is 5.84 Å². The molecular weight excluding hydrogens is 78.8 g/mol. The average Bonchev–Trinajstić information content (AvgIpc) is 1.65. The molecule has 0 saturated heterocycles. The molecule has 3 nitrogen and oxygen atoms in total. The minimum Gasteiger partial charge on any atom is -0.295 e. The lowest BCUT2D eigenvalue weighted by Crippen LogP contribution is -2.29. The van der Waals surface area contributed by atoms with Crippen LogP contribution in [-0.2, 0) is 4.79 Å². The highest BCUT2D eigenvalue weighted by Gasteiger charge is 1.85. The minimum absolute atomic E-state index is 0.130. The lowest BCUT2D eigenvalue weighted by atomic mass is 10.1. The van der Waals surface area contributed by atoms with Crippen LogP contribution in [-0.4, -0.2) is 13.8 Å². The van der Waals surface area contributed by atoms with Gasteiger partial charge < -0.3 is 0 Å². The summed E-state index contributed by atoms with van der Waals surface area (Å²) < 4.78 is 0. The number of carbonyl (C=O) groups is 1. The van der Waals surface area contributed by atoms with Crippen molar-refractivity contribution in [1.82, 2.24) is 5.43 Å². The van der Waals surface area contributed by atoms with Crippen molar-refractivity contribution >= 4 is 13.8 Å². The number of nitrogens with two attached hydrogens (primary N) is 1. The lowest BCUT2D eigenvalue weighted by Gasteiger charge is -1.87. The van der Waals surface area contributed by atoms with Gasteiger partial charge in [-0.1, -0.05) is 0 Å². The van der Waals surface area contributed by atoms with Gasteiger partial charge in [-0.3, -0.25) is 10.2 Å². The number of carbonyl (C=O) groups excluding carboxylic acids is 1. The summed E-state index contributed by atoms with van der Waals surface area (Å²) in [7, 11) is 1.74. The first kappa shape index (κ1) is 5.49. The van der Waals surface area contributed by atoms with E-state index in [4.69, 9.17) is 0 Å². The second-order valence-electron chi connectivity index (χ2n) is 0.921. The van der Waals surface area contributed by atoms with Gasteiger partial charge in [0.25, 0.3) is 0 Å². The zero-order valence-electron chi connectivity index (χ0n) is 3.69. The molecule has 0 bridgehead atoms. The Labute approximate surface area is 37.3 Å². The Kier molecular flexibility index (Phi) is 2.49. The smallest absolute Gasteiger partial charge is 0.225 e. The van der Waals surface area contributed by atoms with Crippen molar-refractivity contribution in [3.63, 3.8) is 0 Å². The summed E-state index contributed by atoms with van der Waals surface area (Å²) in [5, 5.41) is 0. The van der Waals surface area contributed by atoms with Crippen molar-refractivity contribution in [3.8, 4) is 0 Å². The van der Waals surface area contributed by atoms with Crippen LogP contribution < -0.4 is 11.3 Å². The van der Waals surface area contributed by atoms with Crippen molar-refractivity contribution in [1.29, 1.82) is 0 Å². The Hall–Kier alpha value is -0.505. The molecule has 0 aromatic rings. The maximum absolute atomic E-state index is 9.94. The number of nitrogens with one attached hydrogen (secondary N) is 1. The third-order valence-electron chi connectivity index (χ3n) is 0.482. The second-order valence-corrected chi connectivity index (χ2v) is 0.921. The minimum atomic E-state index is -0.130. The van der Waals surface area contributed by atoms with E-state index in [-0.39, 0.29) is 5.91 Å². The maximum Gasteiger partial charge on any atom is 0.225 e. The molecule has 0 spiro atoms. The Bertz CT molecular complexity index is 49.5. The summed E-state index contributed by atoms with van der Waals surface area (Å²) in [6.07, 6.45) is 0.455. The van der Waals surface area contributed by atoms with Crippen molar-refractivity contribution < 1.29 is 4.79 Å². The van der Waals surface area contributed by atoms with Gasteiger partial charge in [-0.05, 0) is 6.32 Å². The molecule has 0 unspecified atom stereocenters. The molecule has 0 atom stereocenters. The summed E-state index contributed by atoms with van der Waals surface area (Å²) in [6, 6.07) is 0. The van der Waals surface area contributed by atoms with Crippen LogP contribution in [0.5, 0.6) is 0 Å². The van der Waals surface area contributed by atoms with Gasteiger partial charge >= 0.3 is 0 Å². The van der Waals surface area contributed by atoms with Gasteiger partial charge in [0.05, 0.1) is 0 Å². The molecule has 1 amide bonds. The fraction of sp³-hybridized carbons (Fsp3) is 0.500. The normalized spacial score (nSPS) is 7.50. The van der Waals surface area contributed by atoms with E-state index in [0.717, 1.165) is 0 Å². The molecule has 0 fully saturated rings. The fourth-order valence-electron chi connectivity index (χ4n) is 0.102. The molecule has 3 N–H and O–H groups in total. The van der Waals surface area contributed by atoms with E-state index in [0.29, 0.717) is 6.32 Å². The van der Waals surface area contributed by atoms with Gasteiger partial charge in [0.2, 0.25) is 5.91 Å². The molecule has 4 heteroatoms. The predicted octanol–water partition coefficient (Wildman–Crippen LogP) is -1.97. The average molecular weight is 85.9 g/mol. The first-order chi connectivity index (χ1) is 2.81. The van der Waals surface area contributed by atoms with Crippen LogP contribution in [0.15, 0.2) is 0 Å². The monoisotopic (exact) mass is 86.1 g/mol. The van der Waals surface area contributed by atoms with Gasteiger partial charge in [-0.2, -0.15) is 0 Å². The van der Waals surface area contributed by atoms with E-state index in [1.54, 1.807) is 7.85 Å². The summed E-state index contributed by atoms with van der Waals surface area (Å²) in [4.78, 5) is 9.94. The first-order valence-corrected chi connectivity index (χ1v) is 1.80. The summed E-state index contributed by atoms with van der Waals surface area (Å²) in [5.74, 6) is 4.55. The number of amides is 1. The van der Waals surface area contributed by atoms with E-state index < -0.39 is 0 Å². The van der Waals surface area contributed by atoms with Gasteiger partial charge in [0.15, 0.2) is 0 Å². The van der Waals surface area contributed by atoms with E-state index in [1.165, 1.54) is 0 Å². The molecule has 0 aliphatic heterocycles. The van der Waals surface area contributed by atoms with Crippen molar-refractivity contribution in [2.24, 2.45) is 5.84 Å². The highest BCUT2D eigenvalue weighted by Crippen LogP contribution is 1.62. The van der Waals surface area contributed by atoms with Crippen LogP contribution in [0.3, 0.4) is 0 Å². The molecule has 0 rings (SSSR count). The highest BCUT2D eigenvalue weighted by atomic mass is 16.2. The highest BCUT2D eigenvalue weighted by molar-refractivity contribution is 6.19. The Morgan fingerprint density at radius 1 is 2.00 bits per heavy atom. The van der Waals surface area contributed by atoms with Crippen LogP contribution in [0.25, 0.3) is 0 Å². The lowest BCUT2D eigenvalue weighted by molar-refractivity contribution is -0.118. The molecule has 0 saturated carbocycles. The first-order valence-electron chi connectivity index (χ1n) is 1.80. The zero-order chi connectivity index (χ0) is 4.99. The third-order valence-corrected chi connectivity index (χ3v) is 0.482. The van der Waals surface area contributed by atoms with E-state index >= 15 is 0 Å². The van der Waals surface area contributed by atoms with E-state index in [1.807, 2.05) is 5.43 Å². The molecule has 0 aromatic carbocycles. The number of rotatable bonds is 1. The second kappa shape index (κ2) is 2.72. The standard InChI is InChI=1S/C2H7BN2O/c3-1-2(6)5-4/h1,3-4H2,(H,5,6). The van der Waals surface area contributed by atoms with Crippen LogP contribution in [0, 0.1) is 0 Å². The number of hydrogen-bond donors (Lipinski definition) is 2. The molecular formula is C2H7BN2O. The number of hydrogen-bond acceptors (Lipinski definition) is 2. The van der Waals surface area contributed by atoms with Crippen molar-refractivity contribution in [2.75, 3.05) is 0 Å². The van der Waals surface area contributed by atoms with Gasteiger partial charge in [0, 0.05) is 0 Å². The van der Waals surface area contributed by atoms with Gasteiger partial charge in [0.1, 0.15) is 7.85 Å². The Morgan fingerprint density at radius 2 is 2.50 bits per heavy atom. The molecule has 0 aliphatic carbocycles. The maximum atomic E-state index is 9.94. The third kappa shape index (κ3) is 1.78. The molecule has 0 aliphatic rings. The zero-order valence-corrected chi connectivity index (χ0v) is 3.69. The molecule has 0 aromatic heterocycles. The van der Waals surface area contributed by atoms with Gasteiger partial charge in [-0.15, -0.1) is 0 Å². The molecule has 34 valence electrons. The Morgan fingerprint density at radius 3 is 2.50 bits per heavy atom. The van der Waals surface area contributed by atoms with Crippen LogP contribution in [0.2, 0.25) is 6.32 Å². The Balaban J connectivity index is 2.99. The predicted molar refractivity (Wildman–Crippen MR) is 25.7 cm³/mol. The van der Waals surface area contributed by atoms with Crippen LogP contribution in [0.1, 0.15) is 0 Å². The summed E-state index contributed by atoms with van der Waals surface area (Å²) in [5.41, 5.74) is 1.98. The number of hydrazine groups is 1. The van der Waals surface area contributed by atoms with Crippen molar-refractivity contribution in [2.45, 2.75) is 6.32 Å². The topological polar surface area (TPSA) is 55.1 Å². The molecule has 0 heterocycles.